The predicted molar refractivity (Wildman–Crippen MR) is 73.5 cm³/mol. The summed E-state index contributed by atoms with van der Waals surface area (Å²) in [6.07, 6.45) is 4.36. The van der Waals surface area contributed by atoms with E-state index in [2.05, 4.69) is 29.1 Å². The van der Waals surface area contributed by atoms with Gasteiger partial charge >= 0.3 is 0 Å². The van der Waals surface area contributed by atoms with Crippen LogP contribution in [0.25, 0.3) is 0 Å². The van der Waals surface area contributed by atoms with E-state index in [4.69, 9.17) is 0 Å². The van der Waals surface area contributed by atoms with Crippen molar-refractivity contribution in [3.8, 4) is 0 Å². The van der Waals surface area contributed by atoms with Crippen molar-refractivity contribution in [2.45, 2.75) is 38.6 Å². The van der Waals surface area contributed by atoms with E-state index in [1.807, 2.05) is 0 Å². The molecule has 0 bridgehead atoms. The van der Waals surface area contributed by atoms with Crippen LogP contribution in [0.1, 0.15) is 32.6 Å². The molecule has 0 spiro atoms. The third-order valence-electron chi connectivity index (χ3n) is 4.43. The molecule has 1 N–H and O–H groups in total. The Morgan fingerprint density at radius 2 is 2.00 bits per heavy atom. The molecule has 0 saturated carbocycles. The van der Waals surface area contributed by atoms with Gasteiger partial charge in [-0.3, -0.25) is 4.79 Å². The summed E-state index contributed by atoms with van der Waals surface area (Å²) in [4.78, 5) is 16.6. The number of hydrogen-bond donors (Lipinski definition) is 1. The number of likely N-dealkylation sites (tertiary alicyclic amines) is 1. The number of rotatable bonds is 3. The topological polar surface area (TPSA) is 35.6 Å². The molecule has 2 rings (SSSR count). The van der Waals surface area contributed by atoms with Crippen LogP contribution in [0, 0.1) is 5.92 Å². The van der Waals surface area contributed by atoms with Gasteiger partial charge in [-0.1, -0.05) is 0 Å². The largest absolute Gasteiger partial charge is 0.337 e. The number of nitrogens with one attached hydrogen (secondary N) is 1. The van der Waals surface area contributed by atoms with Crippen LogP contribution in [0.5, 0.6) is 0 Å². The van der Waals surface area contributed by atoms with Crippen LogP contribution < -0.4 is 5.32 Å². The Balaban J connectivity index is 1.71. The molecular formula is C14H27N3O. The van der Waals surface area contributed by atoms with E-state index >= 15 is 0 Å². The van der Waals surface area contributed by atoms with Crippen LogP contribution in [-0.4, -0.2) is 61.5 Å². The van der Waals surface area contributed by atoms with Gasteiger partial charge in [0.1, 0.15) is 0 Å². The van der Waals surface area contributed by atoms with E-state index in [1.165, 1.54) is 25.9 Å². The second-order valence-electron chi connectivity index (χ2n) is 5.93. The van der Waals surface area contributed by atoms with Crippen LogP contribution >= 0.6 is 0 Å². The first-order valence-electron chi connectivity index (χ1n) is 7.35. The Kier molecular flexibility index (Phi) is 5.01. The Morgan fingerprint density at radius 1 is 1.28 bits per heavy atom. The van der Waals surface area contributed by atoms with Crippen LogP contribution in [-0.2, 0) is 4.79 Å². The van der Waals surface area contributed by atoms with E-state index in [9.17, 15) is 4.79 Å². The molecule has 2 saturated heterocycles. The second kappa shape index (κ2) is 6.53. The SMILES string of the molecule is CC1CNCCN1C(=O)CCC1CCN(C)CC1. The Hall–Kier alpha value is -0.610. The molecule has 2 aliphatic heterocycles. The Bertz CT molecular complexity index is 274. The fraction of sp³-hybridized carbons (Fsp3) is 0.929. The lowest BCUT2D eigenvalue weighted by Crippen LogP contribution is -2.52. The van der Waals surface area contributed by atoms with Crippen molar-refractivity contribution >= 4 is 5.91 Å². The summed E-state index contributed by atoms with van der Waals surface area (Å²) in [5.41, 5.74) is 0. The zero-order valence-corrected chi connectivity index (χ0v) is 11.8. The molecule has 2 aliphatic rings. The quantitative estimate of drug-likeness (QED) is 0.813. The van der Waals surface area contributed by atoms with Crippen molar-refractivity contribution in [2.24, 2.45) is 5.92 Å². The van der Waals surface area contributed by atoms with E-state index in [0.717, 1.165) is 38.4 Å². The zero-order valence-electron chi connectivity index (χ0n) is 11.8. The maximum Gasteiger partial charge on any atom is 0.222 e. The highest BCUT2D eigenvalue weighted by atomic mass is 16.2. The summed E-state index contributed by atoms with van der Waals surface area (Å²) in [6, 6.07) is 0.365. The maximum absolute atomic E-state index is 12.2. The predicted octanol–water partition coefficient (Wildman–Crippen LogP) is 0.929. The fourth-order valence-electron chi connectivity index (χ4n) is 3.03. The van der Waals surface area contributed by atoms with E-state index < -0.39 is 0 Å². The average molecular weight is 253 g/mol. The fourth-order valence-corrected chi connectivity index (χ4v) is 3.03. The van der Waals surface area contributed by atoms with Gasteiger partial charge < -0.3 is 15.1 Å². The lowest BCUT2D eigenvalue weighted by molar-refractivity contribution is -0.134. The first kappa shape index (κ1) is 13.8. The molecule has 18 heavy (non-hydrogen) atoms. The molecule has 0 aromatic carbocycles. The highest BCUT2D eigenvalue weighted by molar-refractivity contribution is 5.76. The lowest BCUT2D eigenvalue weighted by atomic mass is 9.92. The van der Waals surface area contributed by atoms with Crippen LogP contribution in [0.4, 0.5) is 0 Å². The molecule has 104 valence electrons. The number of piperazine rings is 1. The summed E-state index contributed by atoms with van der Waals surface area (Å²) in [7, 11) is 2.18. The highest BCUT2D eigenvalue weighted by Crippen LogP contribution is 2.21. The monoisotopic (exact) mass is 253 g/mol. The van der Waals surface area contributed by atoms with Crippen molar-refractivity contribution in [1.82, 2.24) is 15.1 Å². The molecule has 4 nitrogen and oxygen atoms in total. The van der Waals surface area contributed by atoms with Gasteiger partial charge in [-0.05, 0) is 52.2 Å². The third-order valence-corrected chi connectivity index (χ3v) is 4.43. The average Bonchev–Trinajstić information content (AvgIpc) is 2.38. The van der Waals surface area contributed by atoms with Gasteiger partial charge in [0.2, 0.25) is 5.91 Å². The zero-order chi connectivity index (χ0) is 13.0. The van der Waals surface area contributed by atoms with Crippen LogP contribution in [0.15, 0.2) is 0 Å². The number of carbonyl (C=O) groups excluding carboxylic acids is 1. The highest BCUT2D eigenvalue weighted by Gasteiger charge is 2.24. The van der Waals surface area contributed by atoms with E-state index in [1.54, 1.807) is 0 Å². The van der Waals surface area contributed by atoms with E-state index in [-0.39, 0.29) is 0 Å². The Labute approximate surface area is 111 Å². The summed E-state index contributed by atoms with van der Waals surface area (Å²) in [5, 5.41) is 3.33. The molecule has 1 atom stereocenters. The van der Waals surface area contributed by atoms with Crippen molar-refractivity contribution < 1.29 is 4.79 Å². The molecule has 1 unspecified atom stereocenters. The minimum atomic E-state index is 0.364. The number of piperidine rings is 1. The molecule has 0 aromatic rings. The van der Waals surface area contributed by atoms with Gasteiger partial charge in [0.05, 0.1) is 0 Å². The number of amides is 1. The molecule has 1 amide bonds. The summed E-state index contributed by atoms with van der Waals surface area (Å²) >= 11 is 0. The minimum Gasteiger partial charge on any atom is -0.337 e. The van der Waals surface area contributed by atoms with Gasteiger partial charge in [0, 0.05) is 32.1 Å². The molecule has 2 heterocycles. The summed E-state index contributed by atoms with van der Waals surface area (Å²) in [6.45, 7) is 7.31. The van der Waals surface area contributed by atoms with Crippen LogP contribution in [0.2, 0.25) is 0 Å². The smallest absolute Gasteiger partial charge is 0.222 e. The summed E-state index contributed by atoms with van der Waals surface area (Å²) < 4.78 is 0. The molecule has 4 heteroatoms. The lowest BCUT2D eigenvalue weighted by Gasteiger charge is -2.35. The van der Waals surface area contributed by atoms with Crippen molar-refractivity contribution in [3.05, 3.63) is 0 Å². The molecule has 2 fully saturated rings. The van der Waals surface area contributed by atoms with E-state index in [0.29, 0.717) is 11.9 Å². The first-order chi connectivity index (χ1) is 8.66. The van der Waals surface area contributed by atoms with Gasteiger partial charge in [0.25, 0.3) is 0 Å². The molecule has 0 radical (unpaired) electrons. The van der Waals surface area contributed by atoms with Crippen molar-refractivity contribution in [3.63, 3.8) is 0 Å². The number of nitrogens with zero attached hydrogens (tertiary/aromatic N) is 2. The molecule has 0 aliphatic carbocycles. The summed E-state index contributed by atoms with van der Waals surface area (Å²) in [5.74, 6) is 1.13. The third kappa shape index (κ3) is 3.69. The maximum atomic E-state index is 12.2. The van der Waals surface area contributed by atoms with Gasteiger partial charge in [-0.2, -0.15) is 0 Å². The van der Waals surface area contributed by atoms with Gasteiger partial charge in [-0.25, -0.2) is 0 Å². The van der Waals surface area contributed by atoms with Crippen LogP contribution in [0.3, 0.4) is 0 Å². The second-order valence-corrected chi connectivity index (χ2v) is 5.93. The standard InChI is InChI=1S/C14H27N3O/c1-12-11-15-7-10-17(12)14(18)4-3-13-5-8-16(2)9-6-13/h12-13,15H,3-11H2,1-2H3. The molecule has 0 aromatic heterocycles. The number of hydrogen-bond acceptors (Lipinski definition) is 3. The van der Waals surface area contributed by atoms with Gasteiger partial charge in [0.15, 0.2) is 0 Å². The van der Waals surface area contributed by atoms with Crippen molar-refractivity contribution in [1.29, 1.82) is 0 Å². The first-order valence-corrected chi connectivity index (χ1v) is 7.35. The number of carbonyl (C=O) groups is 1. The van der Waals surface area contributed by atoms with Gasteiger partial charge in [-0.15, -0.1) is 0 Å². The minimum absolute atomic E-state index is 0.364. The van der Waals surface area contributed by atoms with Crippen molar-refractivity contribution in [2.75, 3.05) is 39.8 Å². The Morgan fingerprint density at radius 3 is 2.67 bits per heavy atom. The normalized spacial score (nSPS) is 27.4. The molecular weight excluding hydrogens is 226 g/mol.